The molecule has 0 saturated carbocycles. The number of benzene rings is 2. The fourth-order valence-corrected chi connectivity index (χ4v) is 9.65. The predicted octanol–water partition coefficient (Wildman–Crippen LogP) is 5.86. The summed E-state index contributed by atoms with van der Waals surface area (Å²) >= 11 is 1.60. The van der Waals surface area contributed by atoms with Gasteiger partial charge in [0.15, 0.2) is 17.2 Å². The van der Waals surface area contributed by atoms with Crippen LogP contribution in [0.15, 0.2) is 76.8 Å². The van der Waals surface area contributed by atoms with E-state index in [0.29, 0.717) is 34.7 Å². The van der Waals surface area contributed by atoms with Crippen LogP contribution in [-0.2, 0) is 9.59 Å². The molecule has 14 nitrogen and oxygen atoms in total. The number of rotatable bonds is 12. The van der Waals surface area contributed by atoms with E-state index in [1.165, 1.54) is 4.90 Å². The normalized spacial score (nSPS) is 19.9. The molecule has 2 aromatic carbocycles. The van der Waals surface area contributed by atoms with Gasteiger partial charge >= 0.3 is 0 Å². The smallest absolute Gasteiger partial charge is 0.243 e. The number of aromatic amines is 1. The first-order valence-electron chi connectivity index (χ1n) is 20.4. The molecule has 3 aliphatic rings. The summed E-state index contributed by atoms with van der Waals surface area (Å²) in [7, 11) is 0. The number of nitrogens with zero attached hydrogens (tertiary/aromatic N) is 7. The molecule has 7 heterocycles. The van der Waals surface area contributed by atoms with E-state index >= 15 is 0 Å². The third-order valence-electron chi connectivity index (χ3n) is 12.2. The highest BCUT2D eigenvalue weighted by Crippen LogP contribution is 2.37. The minimum atomic E-state index is -0.800. The number of β-amino-alcohol motifs (C(OH)–C–C–N with tert-alkyl or cyclic N) is 1. The Morgan fingerprint density at radius 3 is 2.51 bits per heavy atom. The van der Waals surface area contributed by atoms with Gasteiger partial charge in [-0.15, -0.1) is 21.5 Å². The molecular formula is C44H49N9O5S. The molecule has 3 fully saturated rings. The Morgan fingerprint density at radius 1 is 1.00 bits per heavy atom. The van der Waals surface area contributed by atoms with E-state index in [0.717, 1.165) is 71.1 Å². The first-order chi connectivity index (χ1) is 28.5. The van der Waals surface area contributed by atoms with Crippen molar-refractivity contribution in [1.82, 2.24) is 40.4 Å². The fraction of sp³-hybridized carbons (Fsp3) is 0.409. The molecule has 6 aromatic rings. The SMILES string of the molecule is Cc1ncsc1-c1ccc([C@H](C)NC(=O)[C@@H]2C[C@@H](O)CN2C(=O)[C@H](c2cc(N3CC(CN4CC(c5cc6cc(-c7ccccc7O)nnc6[nH]5)C4)C3)no2)C(C)C)cc1. The summed E-state index contributed by atoms with van der Waals surface area (Å²) in [6, 6.07) is 20.1. The molecule has 306 valence electrons. The number of para-hydroxylation sites is 1. The Morgan fingerprint density at radius 2 is 1.78 bits per heavy atom. The standard InChI is InChI=1S/C44H49N9O5S/c1-24(2)40(44(57)53-22-32(54)15-36(53)43(56)46-25(3)28-9-11-29(12-10-28)41-26(4)45-23-59-41)38-16-39(50-58-38)52-18-27(19-52)17-51-20-31(21-51)34-13-30-14-35(48-49-42(30)47-34)33-7-5-6-8-37(33)55/h5-14,16,23-25,27,31-32,36,40,54-55H,15,17-22H2,1-4H3,(H,46,56)(H,47,49)/t25-,32+,36-,40-/m0/s1. The van der Waals surface area contributed by atoms with E-state index in [4.69, 9.17) is 4.52 Å². The van der Waals surface area contributed by atoms with E-state index in [1.54, 1.807) is 23.5 Å². The van der Waals surface area contributed by atoms with Gasteiger partial charge in [-0.2, -0.15) is 0 Å². The quantitative estimate of drug-likeness (QED) is 0.116. The molecule has 9 rings (SSSR count). The predicted molar refractivity (Wildman–Crippen MR) is 225 cm³/mol. The molecule has 15 heteroatoms. The molecule has 0 bridgehead atoms. The molecular weight excluding hydrogens is 767 g/mol. The Balaban J connectivity index is 0.776. The van der Waals surface area contributed by atoms with Crippen LogP contribution in [0.5, 0.6) is 5.75 Å². The number of aromatic nitrogens is 5. The number of H-pyrrole nitrogens is 1. The van der Waals surface area contributed by atoms with Crippen LogP contribution in [0, 0.1) is 18.8 Å². The van der Waals surface area contributed by atoms with E-state index in [2.05, 4.69) is 46.5 Å². The Kier molecular flexibility index (Phi) is 10.4. The van der Waals surface area contributed by atoms with Gasteiger partial charge in [0.25, 0.3) is 0 Å². The van der Waals surface area contributed by atoms with Gasteiger partial charge in [-0.25, -0.2) is 4.98 Å². The summed E-state index contributed by atoms with van der Waals surface area (Å²) in [6.07, 6.45) is -0.628. The van der Waals surface area contributed by atoms with Crippen molar-refractivity contribution in [2.75, 3.05) is 44.2 Å². The summed E-state index contributed by atoms with van der Waals surface area (Å²) in [6.45, 7) is 12.5. The van der Waals surface area contributed by atoms with Crippen molar-refractivity contribution in [1.29, 1.82) is 0 Å². The second-order valence-electron chi connectivity index (χ2n) is 16.8. The molecule has 0 unspecified atom stereocenters. The van der Waals surface area contributed by atoms with Crippen LogP contribution < -0.4 is 10.2 Å². The van der Waals surface area contributed by atoms with Crippen molar-refractivity contribution in [3.63, 3.8) is 0 Å². The Labute approximate surface area is 346 Å². The van der Waals surface area contributed by atoms with Gasteiger partial charge in [-0.05, 0) is 55.2 Å². The van der Waals surface area contributed by atoms with Gasteiger partial charge in [0, 0.05) is 80.2 Å². The van der Waals surface area contributed by atoms with E-state index in [9.17, 15) is 19.8 Å². The number of hydrogen-bond acceptors (Lipinski definition) is 12. The van der Waals surface area contributed by atoms with E-state index < -0.39 is 18.1 Å². The molecule has 4 atom stereocenters. The van der Waals surface area contributed by atoms with Gasteiger partial charge in [0.1, 0.15) is 17.7 Å². The highest BCUT2D eigenvalue weighted by atomic mass is 32.1. The average Bonchev–Trinajstić information content (AvgIpc) is 4.00. The van der Waals surface area contributed by atoms with Crippen molar-refractivity contribution in [3.8, 4) is 27.4 Å². The van der Waals surface area contributed by atoms with Gasteiger partial charge in [0.05, 0.1) is 33.9 Å². The molecule has 0 spiro atoms. The molecule has 4 N–H and O–H groups in total. The topological polar surface area (TPSA) is 177 Å². The molecule has 59 heavy (non-hydrogen) atoms. The zero-order valence-corrected chi connectivity index (χ0v) is 34.4. The minimum Gasteiger partial charge on any atom is -0.507 e. The number of carbonyl (C=O) groups is 2. The molecule has 2 amide bonds. The number of nitrogens with one attached hydrogen (secondary N) is 2. The van der Waals surface area contributed by atoms with Crippen molar-refractivity contribution >= 4 is 40.0 Å². The lowest BCUT2D eigenvalue weighted by Crippen LogP contribution is -2.55. The highest BCUT2D eigenvalue weighted by molar-refractivity contribution is 7.13. The third-order valence-corrected chi connectivity index (χ3v) is 13.1. The van der Waals surface area contributed by atoms with Gasteiger partial charge in [-0.1, -0.05) is 55.4 Å². The number of likely N-dealkylation sites (tertiary alicyclic amines) is 2. The van der Waals surface area contributed by atoms with E-state index in [-0.39, 0.29) is 42.5 Å². The third kappa shape index (κ3) is 7.70. The first-order valence-corrected chi connectivity index (χ1v) is 21.2. The van der Waals surface area contributed by atoms with Crippen LogP contribution >= 0.6 is 11.3 Å². The monoisotopic (exact) mass is 815 g/mol. The maximum absolute atomic E-state index is 14.2. The number of phenolic OH excluding ortho intramolecular Hbond substituents is 1. The number of aromatic hydroxyl groups is 1. The number of aryl methyl sites for hydroxylation is 1. The average molecular weight is 816 g/mol. The Hall–Kier alpha value is -5.64. The number of phenols is 1. The van der Waals surface area contributed by atoms with Crippen LogP contribution in [0.1, 0.15) is 67.8 Å². The number of anilines is 1. The number of thiazole rings is 1. The number of hydrogen-bond donors (Lipinski definition) is 4. The number of carbonyl (C=O) groups excluding carboxylic acids is 2. The zero-order chi connectivity index (χ0) is 40.9. The van der Waals surface area contributed by atoms with Crippen LogP contribution in [0.2, 0.25) is 0 Å². The summed E-state index contributed by atoms with van der Waals surface area (Å²) < 4.78 is 5.85. The largest absolute Gasteiger partial charge is 0.507 e. The second-order valence-corrected chi connectivity index (χ2v) is 17.6. The molecule has 0 radical (unpaired) electrons. The highest BCUT2D eigenvalue weighted by Gasteiger charge is 2.44. The van der Waals surface area contributed by atoms with E-state index in [1.807, 2.05) is 81.7 Å². The first kappa shape index (κ1) is 38.9. The maximum Gasteiger partial charge on any atom is 0.243 e. The lowest BCUT2D eigenvalue weighted by atomic mass is 9.90. The van der Waals surface area contributed by atoms with Gasteiger partial charge < -0.3 is 39.7 Å². The molecule has 0 aliphatic carbocycles. The summed E-state index contributed by atoms with van der Waals surface area (Å²) in [5, 5.41) is 38.1. The van der Waals surface area contributed by atoms with Crippen molar-refractivity contribution in [3.05, 3.63) is 95.0 Å². The summed E-state index contributed by atoms with van der Waals surface area (Å²) in [4.78, 5) is 43.0. The lowest BCUT2D eigenvalue weighted by Gasteiger charge is -2.46. The van der Waals surface area contributed by atoms with Crippen molar-refractivity contribution in [2.24, 2.45) is 11.8 Å². The van der Waals surface area contributed by atoms with Gasteiger partial charge in [-0.3, -0.25) is 9.59 Å². The van der Waals surface area contributed by atoms with Crippen LogP contribution in [0.4, 0.5) is 5.82 Å². The molecule has 3 saturated heterocycles. The Bertz CT molecular complexity index is 2470. The van der Waals surface area contributed by atoms with Crippen LogP contribution in [-0.4, -0.2) is 109 Å². The second kappa shape index (κ2) is 15.8. The fourth-order valence-electron chi connectivity index (χ4n) is 8.84. The van der Waals surface area contributed by atoms with Crippen molar-refractivity contribution in [2.45, 2.75) is 64.1 Å². The molecule has 4 aromatic heterocycles. The zero-order valence-electron chi connectivity index (χ0n) is 33.6. The number of aliphatic hydroxyl groups excluding tert-OH is 1. The van der Waals surface area contributed by atoms with Crippen LogP contribution in [0.25, 0.3) is 32.7 Å². The van der Waals surface area contributed by atoms with Crippen LogP contribution in [0.3, 0.4) is 0 Å². The molecule has 3 aliphatic heterocycles. The maximum atomic E-state index is 14.2. The number of fused-ring (bicyclic) bond motifs is 1. The minimum absolute atomic E-state index is 0.0819. The lowest BCUT2D eigenvalue weighted by molar-refractivity contribution is -0.141. The van der Waals surface area contributed by atoms with Crippen molar-refractivity contribution < 1.29 is 24.3 Å². The number of aliphatic hydroxyl groups is 1. The summed E-state index contributed by atoms with van der Waals surface area (Å²) in [5.74, 6) is 0.915. The van der Waals surface area contributed by atoms with Gasteiger partial charge in [0.2, 0.25) is 11.8 Å². The summed E-state index contributed by atoms with van der Waals surface area (Å²) in [5.41, 5.74) is 8.04. The number of amides is 2.